The molecule has 17 heavy (non-hydrogen) atoms. The van der Waals surface area contributed by atoms with E-state index in [1.165, 1.54) is 18.2 Å². The van der Waals surface area contributed by atoms with E-state index in [2.05, 4.69) is 9.10 Å². The van der Waals surface area contributed by atoms with Gasteiger partial charge in [-0.2, -0.15) is 0 Å². The number of carbonyl (C=O) groups is 1. The smallest absolute Gasteiger partial charge is 0.441 e. The van der Waals surface area contributed by atoms with Crippen LogP contribution in [0, 0.1) is 10.1 Å². The third-order valence-corrected chi connectivity index (χ3v) is 2.77. The molecule has 1 rings (SSSR count). The maximum atomic E-state index is 11.6. The van der Waals surface area contributed by atoms with Gasteiger partial charge >= 0.3 is 6.09 Å². The van der Waals surface area contributed by atoms with Crippen LogP contribution in [0.15, 0.2) is 33.5 Å². The number of rotatable bonds is 3. The van der Waals surface area contributed by atoms with Gasteiger partial charge in [-0.3, -0.25) is 10.1 Å². The number of carbonyl (C=O) groups excluding carboxylic acids is 1. The second-order valence-electron chi connectivity index (χ2n) is 2.85. The van der Waals surface area contributed by atoms with Crippen molar-refractivity contribution in [3.05, 3.63) is 34.4 Å². The summed E-state index contributed by atoms with van der Waals surface area (Å²) in [4.78, 5) is 20.9. The van der Waals surface area contributed by atoms with Crippen LogP contribution in [0.2, 0.25) is 0 Å². The first-order chi connectivity index (χ1) is 8.04. The lowest BCUT2D eigenvalue weighted by atomic mass is 10.3. The molecule has 0 fully saturated rings. The molecule has 0 aromatic heterocycles. The number of thiol groups is 1. The summed E-state index contributed by atoms with van der Waals surface area (Å²) < 4.78 is 19.3. The van der Waals surface area contributed by atoms with E-state index in [0.29, 0.717) is 0 Å². The second-order valence-corrected chi connectivity index (χ2v) is 4.11. The molecule has 1 unspecified atom stereocenters. The topological polar surface area (TPSA) is 98.9 Å². The third-order valence-electron chi connectivity index (χ3n) is 1.70. The Labute approximate surface area is 98.8 Å². The number of non-ortho nitro benzene ring substituents is 1. The Balaban J connectivity index is 3.00. The minimum absolute atomic E-state index is 0.113. The Kier molecular flexibility index (Phi) is 4.58. The molecule has 0 spiro atoms. The van der Waals surface area contributed by atoms with Gasteiger partial charge in [-0.25, -0.2) is 9.00 Å². The first kappa shape index (κ1) is 13.1. The average Bonchev–Trinajstić information content (AvgIpc) is 2.29. The lowest BCUT2D eigenvalue weighted by Crippen LogP contribution is -1.98. The van der Waals surface area contributed by atoms with Crippen LogP contribution in [0.5, 0.6) is 0 Å². The number of amides is 1. The highest BCUT2D eigenvalue weighted by atomic mass is 32.2. The van der Waals surface area contributed by atoms with E-state index < -0.39 is 21.6 Å². The van der Waals surface area contributed by atoms with Crippen molar-refractivity contribution < 1.29 is 18.7 Å². The molecular formula is C9H10N2O5S. The Hall–Kier alpha value is -1.96. The summed E-state index contributed by atoms with van der Waals surface area (Å²) in [6, 6.07) is 5.15. The van der Waals surface area contributed by atoms with Crippen LogP contribution in [0.1, 0.15) is 6.92 Å². The highest BCUT2D eigenvalue weighted by Crippen LogP contribution is 2.14. The molecule has 0 heterocycles. The molecule has 0 saturated carbocycles. The van der Waals surface area contributed by atoms with Crippen LogP contribution in [0.25, 0.3) is 0 Å². The fourth-order valence-electron chi connectivity index (χ4n) is 1.01. The van der Waals surface area contributed by atoms with Crippen molar-refractivity contribution in [2.45, 2.75) is 11.8 Å². The van der Waals surface area contributed by atoms with Gasteiger partial charge in [0.05, 0.1) is 27.0 Å². The molecular weight excluding hydrogens is 248 g/mol. The van der Waals surface area contributed by atoms with Crippen LogP contribution < -0.4 is 0 Å². The van der Waals surface area contributed by atoms with Crippen LogP contribution in [-0.4, -0.2) is 21.8 Å². The molecule has 1 atom stereocenters. The van der Waals surface area contributed by atoms with Gasteiger partial charge in [-0.15, -0.1) is 4.36 Å². The summed E-state index contributed by atoms with van der Waals surface area (Å²) in [7, 11) is -2.37. The molecule has 1 aromatic carbocycles. The van der Waals surface area contributed by atoms with Gasteiger partial charge in [0.25, 0.3) is 5.69 Å². The summed E-state index contributed by atoms with van der Waals surface area (Å²) >= 11 is 0. The maximum Gasteiger partial charge on any atom is 0.441 e. The van der Waals surface area contributed by atoms with Gasteiger partial charge in [-0.05, 0) is 13.0 Å². The number of nitrogens with zero attached hydrogens (tertiary/aromatic N) is 2. The first-order valence-electron chi connectivity index (χ1n) is 4.64. The molecule has 0 N–H and O–H groups in total. The van der Waals surface area contributed by atoms with Crippen LogP contribution in [0.4, 0.5) is 10.5 Å². The van der Waals surface area contributed by atoms with Crippen molar-refractivity contribution in [2.75, 3.05) is 6.61 Å². The van der Waals surface area contributed by atoms with E-state index in [9.17, 15) is 19.1 Å². The van der Waals surface area contributed by atoms with Gasteiger partial charge in [0.1, 0.15) is 0 Å². The van der Waals surface area contributed by atoms with E-state index in [1.54, 1.807) is 6.92 Å². The lowest BCUT2D eigenvalue weighted by molar-refractivity contribution is -0.385. The summed E-state index contributed by atoms with van der Waals surface area (Å²) in [5, 5.41) is 10.5. The number of nitro groups is 1. The minimum Gasteiger partial charge on any atom is -0.448 e. The normalized spacial score (nSPS) is 12.1. The molecule has 0 aliphatic rings. The monoisotopic (exact) mass is 258 g/mol. The molecule has 0 aliphatic carbocycles. The number of ether oxygens (including phenoxy) is 1. The molecule has 0 saturated heterocycles. The van der Waals surface area contributed by atoms with Crippen molar-refractivity contribution in [1.82, 2.24) is 0 Å². The zero-order valence-corrected chi connectivity index (χ0v) is 9.79. The standard InChI is InChI=1S/C9H10N2O5S/c1-2-16-9(12)10-17(15)8-5-3-4-7(6-8)11(13)14/h3-6,17H,2H2,1H3. The maximum absolute atomic E-state index is 11.6. The van der Waals surface area contributed by atoms with Gasteiger partial charge in [0.15, 0.2) is 0 Å². The van der Waals surface area contributed by atoms with Crippen LogP contribution in [-0.2, 0) is 15.3 Å². The molecule has 1 amide bonds. The highest BCUT2D eigenvalue weighted by molar-refractivity contribution is 7.75. The van der Waals surface area contributed by atoms with E-state index in [-0.39, 0.29) is 17.2 Å². The van der Waals surface area contributed by atoms with Crippen molar-refractivity contribution in [3.8, 4) is 0 Å². The highest BCUT2D eigenvalue weighted by Gasteiger charge is 2.07. The van der Waals surface area contributed by atoms with E-state index in [1.807, 2.05) is 0 Å². The molecule has 92 valence electrons. The van der Waals surface area contributed by atoms with E-state index in [4.69, 9.17) is 0 Å². The fraction of sp³-hybridized carbons (Fsp3) is 0.222. The quantitative estimate of drug-likeness (QED) is 0.506. The molecule has 0 bridgehead atoms. The van der Waals surface area contributed by atoms with Gasteiger partial charge < -0.3 is 4.74 Å². The van der Waals surface area contributed by atoms with E-state index in [0.717, 1.165) is 6.07 Å². The second kappa shape index (κ2) is 5.94. The Morgan fingerprint density at radius 3 is 2.88 bits per heavy atom. The van der Waals surface area contributed by atoms with Crippen molar-refractivity contribution >= 4 is 22.4 Å². The Morgan fingerprint density at radius 1 is 1.59 bits per heavy atom. The molecule has 0 radical (unpaired) electrons. The fourth-order valence-corrected chi connectivity index (χ4v) is 1.79. The molecule has 0 aliphatic heterocycles. The van der Waals surface area contributed by atoms with Gasteiger partial charge in [0.2, 0.25) is 0 Å². The summed E-state index contributed by atoms with van der Waals surface area (Å²) in [6.07, 6.45) is -0.944. The first-order valence-corrected chi connectivity index (χ1v) is 5.86. The zero-order chi connectivity index (χ0) is 12.8. The molecule has 1 aromatic rings. The lowest BCUT2D eigenvalue weighted by Gasteiger charge is -1.96. The van der Waals surface area contributed by atoms with Crippen LogP contribution >= 0.6 is 0 Å². The van der Waals surface area contributed by atoms with Crippen molar-refractivity contribution in [2.24, 2.45) is 4.36 Å². The SMILES string of the molecule is CCOC(=O)/N=[SH](=O)/c1cccc([N+](=O)[O-])c1. The summed E-state index contributed by atoms with van der Waals surface area (Å²) in [6.45, 7) is 1.72. The summed E-state index contributed by atoms with van der Waals surface area (Å²) in [5.41, 5.74) is -0.204. The number of benzene rings is 1. The van der Waals surface area contributed by atoms with Crippen LogP contribution in [0.3, 0.4) is 0 Å². The van der Waals surface area contributed by atoms with E-state index >= 15 is 0 Å². The predicted molar refractivity (Wildman–Crippen MR) is 60.3 cm³/mol. The number of nitro benzene ring substituents is 1. The zero-order valence-electron chi connectivity index (χ0n) is 8.90. The Morgan fingerprint density at radius 2 is 2.29 bits per heavy atom. The largest absolute Gasteiger partial charge is 0.448 e. The predicted octanol–water partition coefficient (Wildman–Crippen LogP) is 1.77. The Bertz CT molecular complexity index is 522. The number of hydrogen-bond acceptors (Lipinski definition) is 5. The molecule has 7 nitrogen and oxygen atoms in total. The molecule has 8 heteroatoms. The van der Waals surface area contributed by atoms with Gasteiger partial charge in [-0.1, -0.05) is 6.07 Å². The third kappa shape index (κ3) is 3.83. The van der Waals surface area contributed by atoms with Gasteiger partial charge in [0, 0.05) is 12.1 Å². The minimum atomic E-state index is -2.37. The van der Waals surface area contributed by atoms with Crippen molar-refractivity contribution in [1.29, 1.82) is 0 Å². The average molecular weight is 258 g/mol. The number of hydrogen-bond donors (Lipinski definition) is 1. The summed E-state index contributed by atoms with van der Waals surface area (Å²) in [5.74, 6) is 0. The van der Waals surface area contributed by atoms with Crippen molar-refractivity contribution in [3.63, 3.8) is 0 Å².